The second kappa shape index (κ2) is 15.7. The van der Waals surface area contributed by atoms with Gasteiger partial charge in [-0.15, -0.1) is 0 Å². The Morgan fingerprint density at radius 1 is 1.05 bits per heavy atom. The molecule has 0 aliphatic carbocycles. The molecule has 5 nitrogen and oxygen atoms in total. The van der Waals surface area contributed by atoms with E-state index in [4.69, 9.17) is 9.84 Å². The Morgan fingerprint density at radius 3 is 2.11 bits per heavy atom. The number of aliphatic carboxylic acids is 1. The molecule has 1 rings (SSSR count). The Bertz CT molecular complexity index is 1010. The number of rotatable bonds is 14. The summed E-state index contributed by atoms with van der Waals surface area (Å²) >= 11 is 0. The summed E-state index contributed by atoms with van der Waals surface area (Å²) in [4.78, 5) is 10.9. The van der Waals surface area contributed by atoms with Crippen molar-refractivity contribution in [2.75, 3.05) is 13.7 Å². The molecule has 0 aliphatic heterocycles. The summed E-state index contributed by atoms with van der Waals surface area (Å²) in [5.74, 6) is -1.07. The number of aliphatic hydroxyl groups excluding tert-OH is 2. The molecule has 2 atom stereocenters. The molecule has 0 aromatic heterocycles. The summed E-state index contributed by atoms with van der Waals surface area (Å²) in [6.07, 6.45) is 1.55. The number of halogens is 1. The van der Waals surface area contributed by atoms with Gasteiger partial charge < -0.3 is 20.1 Å². The number of carbonyl (C=O) groups is 1. The van der Waals surface area contributed by atoms with E-state index in [0.29, 0.717) is 6.61 Å². The molecule has 0 fully saturated rings. The lowest BCUT2D eigenvalue weighted by molar-refractivity contribution is -0.139. The van der Waals surface area contributed by atoms with E-state index in [1.165, 1.54) is 17.7 Å². The van der Waals surface area contributed by atoms with Crippen molar-refractivity contribution in [1.82, 2.24) is 0 Å². The molecule has 0 aliphatic rings. The zero-order valence-electron chi connectivity index (χ0n) is 23.6. The highest BCUT2D eigenvalue weighted by Crippen LogP contribution is 2.38. The molecule has 1 aromatic carbocycles. The van der Waals surface area contributed by atoms with E-state index in [1.807, 2.05) is 6.08 Å². The maximum absolute atomic E-state index is 13.9. The van der Waals surface area contributed by atoms with Crippen LogP contribution in [0.3, 0.4) is 0 Å². The molecule has 0 bridgehead atoms. The number of carboxylic acids is 1. The van der Waals surface area contributed by atoms with E-state index in [1.54, 1.807) is 25.3 Å². The van der Waals surface area contributed by atoms with E-state index >= 15 is 0 Å². The second-order valence-corrected chi connectivity index (χ2v) is 10.2. The van der Waals surface area contributed by atoms with Crippen LogP contribution in [0.2, 0.25) is 0 Å². The van der Waals surface area contributed by atoms with E-state index in [-0.39, 0.29) is 24.1 Å². The van der Waals surface area contributed by atoms with Crippen molar-refractivity contribution in [1.29, 1.82) is 0 Å². The minimum Gasteiger partial charge on any atom is -0.481 e. The van der Waals surface area contributed by atoms with Gasteiger partial charge in [-0.05, 0) is 72.1 Å². The Labute approximate surface area is 222 Å². The average molecular weight is 517 g/mol. The lowest BCUT2D eigenvalue weighted by Gasteiger charge is -2.26. The highest BCUT2D eigenvalue weighted by molar-refractivity contribution is 5.87. The van der Waals surface area contributed by atoms with E-state index in [0.717, 1.165) is 39.8 Å². The van der Waals surface area contributed by atoms with Gasteiger partial charge in [0.1, 0.15) is 5.82 Å². The highest BCUT2D eigenvalue weighted by Gasteiger charge is 2.22. The minimum absolute atomic E-state index is 0.0960. The van der Waals surface area contributed by atoms with Crippen molar-refractivity contribution in [3.8, 4) is 0 Å². The second-order valence-electron chi connectivity index (χ2n) is 10.2. The fourth-order valence-electron chi connectivity index (χ4n) is 4.37. The highest BCUT2D eigenvalue weighted by atomic mass is 19.1. The average Bonchev–Trinajstić information content (AvgIpc) is 2.81. The predicted octanol–water partition coefficient (Wildman–Crippen LogP) is 6.72. The molecule has 0 saturated carbocycles. The van der Waals surface area contributed by atoms with Crippen molar-refractivity contribution in [3.63, 3.8) is 0 Å². The van der Waals surface area contributed by atoms with Crippen LogP contribution in [0.15, 0.2) is 64.3 Å². The number of allylic oxidation sites excluding steroid dienone is 5. The number of aliphatic hydroxyl groups is 2. The van der Waals surface area contributed by atoms with Gasteiger partial charge in [0.2, 0.25) is 0 Å². The number of ether oxygens (including phenoxy) is 1. The molecule has 0 saturated heterocycles. The first-order chi connectivity index (χ1) is 17.3. The van der Waals surface area contributed by atoms with Crippen LogP contribution in [-0.2, 0) is 9.53 Å². The van der Waals surface area contributed by atoms with Gasteiger partial charge in [-0.25, -0.2) is 4.39 Å². The minimum atomic E-state index is -1.16. The first-order valence-electron chi connectivity index (χ1n) is 13.0. The number of methoxy groups -OCH3 is 1. The summed E-state index contributed by atoms with van der Waals surface area (Å²) in [7, 11) is 1.65. The van der Waals surface area contributed by atoms with E-state index in [2.05, 4.69) is 48.5 Å². The lowest BCUT2D eigenvalue weighted by Crippen LogP contribution is -2.19. The van der Waals surface area contributed by atoms with Crippen LogP contribution in [-0.4, -0.2) is 47.2 Å². The van der Waals surface area contributed by atoms with Gasteiger partial charge in [0.05, 0.1) is 25.2 Å². The third-order valence-corrected chi connectivity index (χ3v) is 6.60. The summed E-state index contributed by atoms with van der Waals surface area (Å²) < 4.78 is 19.6. The molecule has 0 heterocycles. The quantitative estimate of drug-likeness (QED) is 0.239. The van der Waals surface area contributed by atoms with Crippen LogP contribution in [0.1, 0.15) is 73.3 Å². The number of hydrogen-bond acceptors (Lipinski definition) is 4. The van der Waals surface area contributed by atoms with Crippen molar-refractivity contribution in [2.45, 2.75) is 79.9 Å². The molecule has 1 aromatic rings. The van der Waals surface area contributed by atoms with Crippen LogP contribution in [0.4, 0.5) is 4.39 Å². The summed E-state index contributed by atoms with van der Waals surface area (Å²) in [6.45, 7) is 15.1. The number of benzene rings is 1. The first-order valence-corrected chi connectivity index (χ1v) is 13.0. The predicted molar refractivity (Wildman–Crippen MR) is 149 cm³/mol. The maximum Gasteiger partial charge on any atom is 0.305 e. The molecule has 0 radical (unpaired) electrons. The van der Waals surface area contributed by atoms with Crippen LogP contribution in [0.5, 0.6) is 0 Å². The van der Waals surface area contributed by atoms with Gasteiger partial charge in [-0.2, -0.15) is 0 Å². The van der Waals surface area contributed by atoms with Crippen molar-refractivity contribution >= 4 is 11.5 Å². The fourth-order valence-corrected chi connectivity index (χ4v) is 4.37. The van der Waals surface area contributed by atoms with Gasteiger partial charge in [0.25, 0.3) is 0 Å². The zero-order chi connectivity index (χ0) is 28.3. The molecule has 6 heteroatoms. The topological polar surface area (TPSA) is 87.0 Å². The molecule has 3 N–H and O–H groups in total. The van der Waals surface area contributed by atoms with Gasteiger partial charge in [-0.3, -0.25) is 4.79 Å². The molecule has 0 spiro atoms. The number of carboxylic acid groups (broad SMARTS) is 1. The molecule has 37 heavy (non-hydrogen) atoms. The van der Waals surface area contributed by atoms with E-state index in [9.17, 15) is 19.4 Å². The summed E-state index contributed by atoms with van der Waals surface area (Å²) in [5.41, 5.74) is 7.05. The van der Waals surface area contributed by atoms with Crippen LogP contribution < -0.4 is 0 Å². The lowest BCUT2D eigenvalue weighted by atomic mass is 9.80. The fraction of sp³-hybridized carbons (Fsp3) is 0.516. The third-order valence-electron chi connectivity index (χ3n) is 6.60. The van der Waals surface area contributed by atoms with Crippen molar-refractivity contribution in [3.05, 3.63) is 75.7 Å². The monoisotopic (exact) mass is 516 g/mol. The molecule has 2 unspecified atom stereocenters. The first kappa shape index (κ1) is 32.5. The molecule has 206 valence electrons. The van der Waals surface area contributed by atoms with Gasteiger partial charge in [0, 0.05) is 13.5 Å². The SMILES string of the molecule is CCC(C)=C(C(/C=C/C(O)CC(O)CC(=O)O)=C(\C(COC)=C(/C)C(C)C)c1ccc(F)cc1)C(C)C. The Balaban J connectivity index is 4.06. The van der Waals surface area contributed by atoms with Gasteiger partial charge in [-0.1, -0.05) is 70.0 Å². The molecular formula is C31H45FO5. The van der Waals surface area contributed by atoms with Crippen LogP contribution >= 0.6 is 0 Å². The smallest absolute Gasteiger partial charge is 0.305 e. The van der Waals surface area contributed by atoms with Crippen molar-refractivity contribution < 1.29 is 29.2 Å². The third kappa shape index (κ3) is 10.0. The normalized spacial score (nSPS) is 16.0. The zero-order valence-corrected chi connectivity index (χ0v) is 23.6. The standard InChI is InChI=1S/C31H45FO5/c1-9-21(6)30(20(4)5)27(15-14-25(33)16-26(34)17-29(35)36)31(23-10-12-24(32)13-11-23)28(18-37-8)22(7)19(2)3/h10-15,19-20,25-26,33-34H,9,16-18H2,1-8H3,(H,35,36)/b15-14+,28-22+,30-21?,31-27-. The van der Waals surface area contributed by atoms with Crippen molar-refractivity contribution in [2.24, 2.45) is 11.8 Å². The van der Waals surface area contributed by atoms with Gasteiger partial charge >= 0.3 is 5.97 Å². The molecular weight excluding hydrogens is 471 g/mol. The van der Waals surface area contributed by atoms with Crippen LogP contribution in [0.25, 0.3) is 5.57 Å². The number of hydrogen-bond donors (Lipinski definition) is 3. The Morgan fingerprint density at radius 2 is 1.65 bits per heavy atom. The summed E-state index contributed by atoms with van der Waals surface area (Å²) in [6, 6.07) is 6.39. The van der Waals surface area contributed by atoms with Gasteiger partial charge in [0.15, 0.2) is 0 Å². The van der Waals surface area contributed by atoms with E-state index < -0.39 is 24.6 Å². The Kier molecular flexibility index (Phi) is 13.7. The van der Waals surface area contributed by atoms with Crippen LogP contribution in [0, 0.1) is 17.7 Å². The summed E-state index contributed by atoms with van der Waals surface area (Å²) in [5, 5.41) is 29.6. The largest absolute Gasteiger partial charge is 0.481 e. The molecule has 0 amide bonds. The maximum atomic E-state index is 13.9. The Hall–Kier alpha value is -2.54.